The van der Waals surface area contributed by atoms with E-state index >= 15 is 0 Å². The zero-order chi connectivity index (χ0) is 14.9. The van der Waals surface area contributed by atoms with Crippen molar-refractivity contribution >= 4 is 23.4 Å². The van der Waals surface area contributed by atoms with Crippen molar-refractivity contribution in [2.75, 3.05) is 6.26 Å². The topological polar surface area (TPSA) is 41.6 Å². The number of alkyl halides is 3. The van der Waals surface area contributed by atoms with Gasteiger partial charge < -0.3 is 0 Å². The Kier molecular flexibility index (Phi) is 3.97. The molecule has 0 aliphatic carbocycles. The van der Waals surface area contributed by atoms with Crippen LogP contribution in [-0.4, -0.2) is 16.0 Å². The number of benzene rings is 1. The first-order valence-corrected chi connectivity index (χ1v) is 6.88. The van der Waals surface area contributed by atoms with Crippen molar-refractivity contribution in [3.8, 4) is 11.8 Å². The first-order valence-electron chi connectivity index (χ1n) is 5.27. The molecule has 1 heterocycles. The molecule has 0 fully saturated rings. The summed E-state index contributed by atoms with van der Waals surface area (Å²) in [6.45, 7) is 0. The second-order valence-electron chi connectivity index (χ2n) is 3.76. The van der Waals surface area contributed by atoms with Gasteiger partial charge in [0.25, 0.3) is 0 Å². The van der Waals surface area contributed by atoms with Crippen molar-refractivity contribution in [2.24, 2.45) is 0 Å². The van der Waals surface area contributed by atoms with Crippen LogP contribution in [0.3, 0.4) is 0 Å². The Labute approximate surface area is 122 Å². The fraction of sp³-hybridized carbons (Fsp3) is 0.167. The van der Waals surface area contributed by atoms with Gasteiger partial charge >= 0.3 is 6.18 Å². The van der Waals surface area contributed by atoms with Crippen LogP contribution in [0.5, 0.6) is 0 Å². The zero-order valence-corrected chi connectivity index (χ0v) is 11.6. The molecule has 0 saturated carbocycles. The molecule has 0 radical (unpaired) electrons. The Hall–Kier alpha value is -1.65. The molecular weight excluding hydrogens is 311 g/mol. The Bertz CT molecular complexity index is 688. The highest BCUT2D eigenvalue weighted by Crippen LogP contribution is 2.34. The van der Waals surface area contributed by atoms with Crippen molar-refractivity contribution in [1.82, 2.24) is 9.78 Å². The summed E-state index contributed by atoms with van der Waals surface area (Å²) in [5.41, 5.74) is -0.191. The molecule has 2 rings (SSSR count). The summed E-state index contributed by atoms with van der Waals surface area (Å²) in [5.74, 6) is 0. The van der Waals surface area contributed by atoms with Gasteiger partial charge in [-0.2, -0.15) is 23.5 Å². The van der Waals surface area contributed by atoms with Crippen LogP contribution in [0.15, 0.2) is 29.4 Å². The predicted octanol–water partition coefficient (Wildman–Crippen LogP) is 4.14. The van der Waals surface area contributed by atoms with Crippen LogP contribution >= 0.6 is 23.4 Å². The van der Waals surface area contributed by atoms with Gasteiger partial charge in [0.05, 0.1) is 22.5 Å². The van der Waals surface area contributed by atoms with Gasteiger partial charge in [-0.1, -0.05) is 11.6 Å². The number of aromatic nitrogens is 2. The molecule has 0 unspecified atom stereocenters. The minimum atomic E-state index is -4.45. The number of nitrogens with zero attached hydrogens (tertiary/aromatic N) is 3. The molecule has 8 heteroatoms. The summed E-state index contributed by atoms with van der Waals surface area (Å²) >= 11 is 7.16. The zero-order valence-electron chi connectivity index (χ0n) is 10.1. The number of thioether (sulfide) groups is 1. The monoisotopic (exact) mass is 317 g/mol. The molecule has 0 aliphatic rings. The molecule has 0 N–H and O–H groups in total. The van der Waals surface area contributed by atoms with Crippen LogP contribution in [0, 0.1) is 11.3 Å². The normalized spacial score (nSPS) is 11.4. The van der Waals surface area contributed by atoms with E-state index in [1.807, 2.05) is 6.07 Å². The average Bonchev–Trinajstić information content (AvgIpc) is 2.80. The number of rotatable bonds is 2. The summed E-state index contributed by atoms with van der Waals surface area (Å²) < 4.78 is 39.1. The van der Waals surface area contributed by atoms with Gasteiger partial charge in [-0.3, -0.25) is 0 Å². The van der Waals surface area contributed by atoms with E-state index < -0.39 is 11.7 Å². The predicted molar refractivity (Wildman–Crippen MR) is 70.1 cm³/mol. The highest BCUT2D eigenvalue weighted by atomic mass is 35.5. The summed E-state index contributed by atoms with van der Waals surface area (Å²) in [5, 5.41) is 13.4. The molecule has 0 aliphatic heterocycles. The Morgan fingerprint density at radius 2 is 2.10 bits per heavy atom. The van der Waals surface area contributed by atoms with Crippen molar-refractivity contribution in [1.29, 1.82) is 5.26 Å². The second kappa shape index (κ2) is 5.38. The minimum Gasteiger partial charge on any atom is -0.224 e. The molecule has 3 nitrogen and oxygen atoms in total. The lowest BCUT2D eigenvalue weighted by Crippen LogP contribution is -2.06. The van der Waals surface area contributed by atoms with E-state index in [1.165, 1.54) is 28.7 Å². The molecule has 0 bridgehead atoms. The molecule has 0 spiro atoms. The summed E-state index contributed by atoms with van der Waals surface area (Å²) in [6.07, 6.45) is -1.36. The maximum Gasteiger partial charge on any atom is 0.416 e. The van der Waals surface area contributed by atoms with Crippen molar-refractivity contribution < 1.29 is 13.2 Å². The molecule has 1 aromatic carbocycles. The van der Waals surface area contributed by atoms with Gasteiger partial charge in [-0.25, -0.2) is 4.68 Å². The third kappa shape index (κ3) is 2.62. The van der Waals surface area contributed by atoms with Gasteiger partial charge in [-0.15, -0.1) is 11.8 Å². The van der Waals surface area contributed by atoms with E-state index in [-0.39, 0.29) is 5.02 Å². The number of hydrogen-bond acceptors (Lipinski definition) is 3. The smallest absolute Gasteiger partial charge is 0.224 e. The molecule has 1 aromatic heterocycles. The van der Waals surface area contributed by atoms with E-state index in [2.05, 4.69) is 5.10 Å². The minimum absolute atomic E-state index is 0.0808. The van der Waals surface area contributed by atoms with Crippen LogP contribution in [-0.2, 0) is 6.18 Å². The van der Waals surface area contributed by atoms with Crippen molar-refractivity contribution in [2.45, 2.75) is 11.2 Å². The third-order valence-electron chi connectivity index (χ3n) is 2.54. The molecule has 0 atom stereocenters. The van der Waals surface area contributed by atoms with Crippen molar-refractivity contribution in [3.63, 3.8) is 0 Å². The SMILES string of the molecule is CSc1c(C#N)cnn1-c1ccc(C(F)(F)F)cc1Cl. The second-order valence-corrected chi connectivity index (χ2v) is 4.96. The number of halogens is 4. The maximum atomic E-state index is 12.6. The van der Waals surface area contributed by atoms with Crippen LogP contribution < -0.4 is 0 Å². The Morgan fingerprint density at radius 3 is 2.60 bits per heavy atom. The van der Waals surface area contributed by atoms with Crippen molar-refractivity contribution in [3.05, 3.63) is 40.5 Å². The molecule has 20 heavy (non-hydrogen) atoms. The molecule has 0 saturated heterocycles. The van der Waals surface area contributed by atoms with E-state index in [1.54, 1.807) is 6.26 Å². The van der Waals surface area contributed by atoms with Gasteiger partial charge in [0.2, 0.25) is 0 Å². The summed E-state index contributed by atoms with van der Waals surface area (Å²) in [6, 6.07) is 4.97. The summed E-state index contributed by atoms with van der Waals surface area (Å²) in [4.78, 5) is 0. The molecular formula is C12H7ClF3N3S. The first-order chi connectivity index (χ1) is 9.38. The van der Waals surface area contributed by atoms with Crippen LogP contribution in [0.2, 0.25) is 5.02 Å². The molecule has 104 valence electrons. The van der Waals surface area contributed by atoms with E-state index in [0.717, 1.165) is 12.1 Å². The molecule has 0 amide bonds. The van der Waals surface area contributed by atoms with Gasteiger partial charge in [0.15, 0.2) is 0 Å². The van der Waals surface area contributed by atoms with Gasteiger partial charge in [-0.05, 0) is 24.5 Å². The lowest BCUT2D eigenvalue weighted by atomic mass is 10.2. The largest absolute Gasteiger partial charge is 0.416 e. The van der Waals surface area contributed by atoms with Crippen LogP contribution in [0.25, 0.3) is 5.69 Å². The Morgan fingerprint density at radius 1 is 1.40 bits per heavy atom. The van der Waals surface area contributed by atoms with E-state index in [0.29, 0.717) is 16.3 Å². The molecule has 2 aromatic rings. The third-order valence-corrected chi connectivity index (χ3v) is 3.62. The lowest BCUT2D eigenvalue weighted by Gasteiger charge is -2.11. The fourth-order valence-corrected chi connectivity index (χ4v) is 2.53. The van der Waals surface area contributed by atoms with E-state index in [4.69, 9.17) is 16.9 Å². The quantitative estimate of drug-likeness (QED) is 0.782. The highest BCUT2D eigenvalue weighted by molar-refractivity contribution is 7.98. The highest BCUT2D eigenvalue weighted by Gasteiger charge is 2.31. The van der Waals surface area contributed by atoms with Crippen LogP contribution in [0.1, 0.15) is 11.1 Å². The first kappa shape index (κ1) is 14.8. The average molecular weight is 318 g/mol. The van der Waals surface area contributed by atoms with Crippen LogP contribution in [0.4, 0.5) is 13.2 Å². The number of nitriles is 1. The van der Waals surface area contributed by atoms with Gasteiger partial charge in [0.1, 0.15) is 16.7 Å². The fourth-order valence-electron chi connectivity index (χ4n) is 1.64. The maximum absolute atomic E-state index is 12.6. The standard InChI is InChI=1S/C12H7ClF3N3S/c1-20-11-7(5-17)6-18-19(11)10-3-2-8(4-9(10)13)12(14,15)16/h2-4,6H,1H3. The Balaban J connectivity index is 2.55. The number of hydrogen-bond donors (Lipinski definition) is 0. The van der Waals surface area contributed by atoms with Gasteiger partial charge in [0, 0.05) is 0 Å². The summed E-state index contributed by atoms with van der Waals surface area (Å²) in [7, 11) is 0. The lowest BCUT2D eigenvalue weighted by molar-refractivity contribution is -0.137. The van der Waals surface area contributed by atoms with E-state index in [9.17, 15) is 13.2 Å².